The number of nitrogens with zero attached hydrogens (tertiary/aromatic N) is 1. The van der Waals surface area contributed by atoms with E-state index in [9.17, 15) is 13.6 Å². The van der Waals surface area contributed by atoms with E-state index in [1.54, 1.807) is 12.1 Å². The summed E-state index contributed by atoms with van der Waals surface area (Å²) < 4.78 is 33.5. The number of ether oxygens (including phenoxy) is 2. The molecule has 1 aliphatic rings. The lowest BCUT2D eigenvalue weighted by Gasteiger charge is -2.36. The van der Waals surface area contributed by atoms with Gasteiger partial charge in [0, 0.05) is 13.1 Å². The van der Waals surface area contributed by atoms with E-state index in [2.05, 4.69) is 4.74 Å². The summed E-state index contributed by atoms with van der Waals surface area (Å²) in [6.07, 6.45) is 1.01. The number of benzene rings is 1. The minimum absolute atomic E-state index is 0.0435. The third-order valence-electron chi connectivity index (χ3n) is 3.08. The molecule has 0 saturated carbocycles. The largest absolute Gasteiger partial charge is 0.468 e. The average Bonchev–Trinajstić information content (AvgIpc) is 2.32. The minimum Gasteiger partial charge on any atom is -0.468 e. The maximum Gasteiger partial charge on any atom is 0.387 e. The van der Waals surface area contributed by atoms with Crippen LogP contribution in [0, 0.1) is 0 Å². The summed E-state index contributed by atoms with van der Waals surface area (Å²) in [5.74, 6) is -0.351. The third-order valence-corrected chi connectivity index (χ3v) is 3.08. The van der Waals surface area contributed by atoms with E-state index in [4.69, 9.17) is 4.74 Å². The highest BCUT2D eigenvalue weighted by Gasteiger charge is 2.32. The molecule has 0 aromatic heterocycles. The van der Waals surface area contributed by atoms with E-state index in [1.807, 2.05) is 4.90 Å². The molecule has 4 nitrogen and oxygen atoms in total. The van der Waals surface area contributed by atoms with Crippen LogP contribution in [-0.4, -0.2) is 37.7 Å². The van der Waals surface area contributed by atoms with Crippen LogP contribution in [0.25, 0.3) is 0 Å². The Hall–Kier alpha value is -1.69. The Balaban J connectivity index is 2.23. The fraction of sp³-hybridized carbons (Fsp3) is 0.462. The first-order valence-electron chi connectivity index (χ1n) is 5.98. The number of esters is 1. The van der Waals surface area contributed by atoms with Crippen molar-refractivity contribution in [3.8, 4) is 5.75 Å². The van der Waals surface area contributed by atoms with Gasteiger partial charge in [-0.1, -0.05) is 12.1 Å². The van der Waals surface area contributed by atoms with Crippen LogP contribution in [0.4, 0.5) is 8.78 Å². The van der Waals surface area contributed by atoms with Crippen molar-refractivity contribution in [1.82, 2.24) is 4.90 Å². The number of rotatable bonds is 5. The topological polar surface area (TPSA) is 38.8 Å². The van der Waals surface area contributed by atoms with Gasteiger partial charge in [0.05, 0.1) is 7.11 Å². The number of hydrogen-bond acceptors (Lipinski definition) is 4. The molecule has 1 fully saturated rings. The second kappa shape index (κ2) is 5.97. The third kappa shape index (κ3) is 3.20. The SMILES string of the molecule is COC(=O)C(c1cccc(OC(F)F)c1)N1CCC1. The van der Waals surface area contributed by atoms with Crippen LogP contribution < -0.4 is 4.74 Å². The summed E-state index contributed by atoms with van der Waals surface area (Å²) in [4.78, 5) is 13.8. The average molecular weight is 271 g/mol. The van der Waals surface area contributed by atoms with Gasteiger partial charge in [0.25, 0.3) is 0 Å². The molecule has 0 N–H and O–H groups in total. The second-order valence-electron chi connectivity index (χ2n) is 4.27. The Morgan fingerprint density at radius 3 is 2.63 bits per heavy atom. The van der Waals surface area contributed by atoms with Crippen LogP contribution >= 0.6 is 0 Å². The smallest absolute Gasteiger partial charge is 0.387 e. The van der Waals surface area contributed by atoms with Crippen molar-refractivity contribution in [3.63, 3.8) is 0 Å². The summed E-state index contributed by atoms with van der Waals surface area (Å²) in [7, 11) is 1.31. The van der Waals surface area contributed by atoms with Gasteiger partial charge in [0.15, 0.2) is 0 Å². The number of alkyl halides is 2. The van der Waals surface area contributed by atoms with Crippen LogP contribution in [0.1, 0.15) is 18.0 Å². The summed E-state index contributed by atoms with van der Waals surface area (Å²) in [6, 6.07) is 5.62. The van der Waals surface area contributed by atoms with E-state index >= 15 is 0 Å². The number of hydrogen-bond donors (Lipinski definition) is 0. The van der Waals surface area contributed by atoms with Crippen molar-refractivity contribution in [1.29, 1.82) is 0 Å². The van der Waals surface area contributed by atoms with Gasteiger partial charge >= 0.3 is 12.6 Å². The molecule has 1 atom stereocenters. The van der Waals surface area contributed by atoms with Crippen molar-refractivity contribution in [3.05, 3.63) is 29.8 Å². The predicted molar refractivity (Wildman–Crippen MR) is 64.0 cm³/mol. The zero-order valence-corrected chi connectivity index (χ0v) is 10.5. The summed E-state index contributed by atoms with van der Waals surface area (Å²) in [6.45, 7) is -1.30. The van der Waals surface area contributed by atoms with Gasteiger partial charge in [-0.15, -0.1) is 0 Å². The molecule has 0 radical (unpaired) electrons. The molecule has 1 unspecified atom stereocenters. The normalized spacial score (nSPS) is 16.8. The molecule has 2 rings (SSSR count). The molecule has 19 heavy (non-hydrogen) atoms. The van der Waals surface area contributed by atoms with Crippen molar-refractivity contribution >= 4 is 5.97 Å². The quantitative estimate of drug-likeness (QED) is 0.770. The van der Waals surface area contributed by atoms with Crippen LogP contribution in [0.3, 0.4) is 0 Å². The maximum absolute atomic E-state index is 12.2. The fourth-order valence-electron chi connectivity index (χ4n) is 2.07. The highest BCUT2D eigenvalue weighted by Crippen LogP contribution is 2.29. The zero-order valence-electron chi connectivity index (χ0n) is 10.5. The van der Waals surface area contributed by atoms with Crippen molar-refractivity contribution in [2.75, 3.05) is 20.2 Å². The molecular formula is C13H15F2NO3. The van der Waals surface area contributed by atoms with Crippen molar-refractivity contribution < 1.29 is 23.0 Å². The lowest BCUT2D eigenvalue weighted by atomic mass is 10.0. The van der Waals surface area contributed by atoms with Crippen LogP contribution in [-0.2, 0) is 9.53 Å². The van der Waals surface area contributed by atoms with Crippen LogP contribution in [0.15, 0.2) is 24.3 Å². The van der Waals surface area contributed by atoms with Gasteiger partial charge < -0.3 is 9.47 Å². The van der Waals surface area contributed by atoms with Gasteiger partial charge in [0.2, 0.25) is 0 Å². The number of carbonyl (C=O) groups is 1. The summed E-state index contributed by atoms with van der Waals surface area (Å²) in [5, 5.41) is 0. The van der Waals surface area contributed by atoms with Crippen LogP contribution in [0.5, 0.6) is 5.75 Å². The standard InChI is InChI=1S/C13H15F2NO3/c1-18-12(17)11(16-6-3-7-16)9-4-2-5-10(8-9)19-13(14)15/h2,4-5,8,11,13H,3,6-7H2,1H3. The molecule has 1 saturated heterocycles. The first kappa shape index (κ1) is 13.7. The van der Waals surface area contributed by atoms with Gasteiger partial charge in [-0.25, -0.2) is 4.79 Å². The first-order valence-corrected chi connectivity index (χ1v) is 5.98. The molecule has 0 spiro atoms. The second-order valence-corrected chi connectivity index (χ2v) is 4.27. The molecule has 1 aromatic carbocycles. The molecule has 0 aliphatic carbocycles. The molecule has 0 bridgehead atoms. The Morgan fingerprint density at radius 1 is 1.37 bits per heavy atom. The Labute approximate surface area is 109 Å². The number of methoxy groups -OCH3 is 1. The van der Waals surface area contributed by atoms with E-state index in [0.717, 1.165) is 19.5 Å². The summed E-state index contributed by atoms with van der Waals surface area (Å²) in [5.41, 5.74) is 0.602. The molecule has 6 heteroatoms. The predicted octanol–water partition coefficient (Wildman–Crippen LogP) is 2.21. The number of likely N-dealkylation sites (tertiary alicyclic amines) is 1. The van der Waals surface area contributed by atoms with Crippen molar-refractivity contribution in [2.24, 2.45) is 0 Å². The molecule has 1 heterocycles. The molecule has 1 aliphatic heterocycles. The molecular weight excluding hydrogens is 256 g/mol. The number of carbonyl (C=O) groups excluding carboxylic acids is 1. The lowest BCUT2D eigenvalue weighted by Crippen LogP contribution is -2.43. The van der Waals surface area contributed by atoms with E-state index < -0.39 is 18.6 Å². The van der Waals surface area contributed by atoms with Gasteiger partial charge in [-0.05, 0) is 24.1 Å². The van der Waals surface area contributed by atoms with Gasteiger partial charge in [-0.2, -0.15) is 8.78 Å². The Morgan fingerprint density at radius 2 is 2.11 bits per heavy atom. The maximum atomic E-state index is 12.2. The molecule has 1 aromatic rings. The molecule has 104 valence electrons. The lowest BCUT2D eigenvalue weighted by molar-refractivity contribution is -0.149. The number of halogens is 2. The van der Waals surface area contributed by atoms with Gasteiger partial charge in [0.1, 0.15) is 11.8 Å². The summed E-state index contributed by atoms with van der Waals surface area (Å²) >= 11 is 0. The Kier molecular flexibility index (Phi) is 4.31. The monoisotopic (exact) mass is 271 g/mol. The van der Waals surface area contributed by atoms with E-state index in [1.165, 1.54) is 19.2 Å². The Bertz CT molecular complexity index is 449. The van der Waals surface area contributed by atoms with E-state index in [0.29, 0.717) is 5.56 Å². The van der Waals surface area contributed by atoms with E-state index in [-0.39, 0.29) is 5.75 Å². The fourth-order valence-corrected chi connectivity index (χ4v) is 2.07. The van der Waals surface area contributed by atoms with Crippen LogP contribution in [0.2, 0.25) is 0 Å². The minimum atomic E-state index is -2.88. The highest BCUT2D eigenvalue weighted by molar-refractivity contribution is 5.77. The van der Waals surface area contributed by atoms with Crippen molar-refractivity contribution in [2.45, 2.75) is 19.1 Å². The molecule has 0 amide bonds. The highest BCUT2D eigenvalue weighted by atomic mass is 19.3. The van der Waals surface area contributed by atoms with Gasteiger partial charge in [-0.3, -0.25) is 4.90 Å². The zero-order chi connectivity index (χ0) is 13.8. The first-order chi connectivity index (χ1) is 9.11.